The number of nitrogens with zero attached hydrogens (tertiary/aromatic N) is 1. The van der Waals surface area contributed by atoms with Crippen LogP contribution in [0.4, 0.5) is 0 Å². The summed E-state index contributed by atoms with van der Waals surface area (Å²) in [5.41, 5.74) is 2.02. The van der Waals surface area contributed by atoms with Crippen LogP contribution in [0, 0.1) is 17.8 Å². The highest BCUT2D eigenvalue weighted by atomic mass is 16.6. The molecule has 0 amide bonds. The first-order valence-electron chi connectivity index (χ1n) is 9.84. The Labute approximate surface area is 170 Å². The minimum Gasteiger partial charge on any atom is -0.478 e. The van der Waals surface area contributed by atoms with Crippen molar-refractivity contribution in [1.29, 1.82) is 0 Å². The number of hydrogen-bond donors (Lipinski definition) is 3. The maximum atomic E-state index is 12.3. The largest absolute Gasteiger partial charge is 0.478 e. The van der Waals surface area contributed by atoms with Crippen molar-refractivity contribution in [2.75, 3.05) is 20.6 Å². The number of allylic oxidation sites excluding steroid dienone is 1. The molecule has 162 valence electrons. The lowest BCUT2D eigenvalue weighted by Gasteiger charge is -2.33. The second-order valence-electron chi connectivity index (χ2n) is 8.62. The van der Waals surface area contributed by atoms with Crippen molar-refractivity contribution in [1.82, 2.24) is 4.90 Å². The fraction of sp³-hybridized carbons (Fsp3) is 0.667. The maximum absolute atomic E-state index is 12.3. The molecule has 0 aromatic heterocycles. The number of aliphatic carboxylic acids is 2. The van der Waals surface area contributed by atoms with Gasteiger partial charge in [-0.05, 0) is 53.6 Å². The van der Waals surface area contributed by atoms with Gasteiger partial charge in [0.05, 0.1) is 11.5 Å². The maximum Gasteiger partial charge on any atom is 0.328 e. The van der Waals surface area contributed by atoms with E-state index in [2.05, 4.69) is 11.8 Å². The molecular weight excluding hydrogens is 378 g/mol. The fourth-order valence-electron chi connectivity index (χ4n) is 4.79. The van der Waals surface area contributed by atoms with Gasteiger partial charge in [0.1, 0.15) is 6.10 Å². The smallest absolute Gasteiger partial charge is 0.328 e. The third kappa shape index (κ3) is 5.45. The Hall–Kier alpha value is -2.19. The topological polar surface area (TPSA) is 124 Å². The molecule has 3 rings (SSSR count). The molecule has 1 heterocycles. The summed E-state index contributed by atoms with van der Waals surface area (Å²) < 4.78 is 5.80. The summed E-state index contributed by atoms with van der Waals surface area (Å²) in [6.45, 7) is 4.84. The van der Waals surface area contributed by atoms with E-state index in [1.807, 2.05) is 21.0 Å². The summed E-state index contributed by atoms with van der Waals surface area (Å²) in [4.78, 5) is 33.5. The number of aliphatic hydroxyl groups is 1. The van der Waals surface area contributed by atoms with Crippen molar-refractivity contribution in [2.45, 2.75) is 51.2 Å². The Kier molecular flexibility index (Phi) is 7.24. The van der Waals surface area contributed by atoms with Crippen LogP contribution in [0.5, 0.6) is 0 Å². The average molecular weight is 409 g/mol. The number of carbonyl (C=O) groups is 3. The van der Waals surface area contributed by atoms with Crippen LogP contribution in [0.15, 0.2) is 23.3 Å². The van der Waals surface area contributed by atoms with Crippen molar-refractivity contribution in [3.8, 4) is 0 Å². The molecule has 0 unspecified atom stereocenters. The Morgan fingerprint density at radius 2 is 1.79 bits per heavy atom. The van der Waals surface area contributed by atoms with E-state index in [4.69, 9.17) is 14.9 Å². The van der Waals surface area contributed by atoms with Gasteiger partial charge in [-0.2, -0.15) is 0 Å². The molecule has 1 saturated carbocycles. The minimum absolute atomic E-state index is 0.00103. The molecule has 2 fully saturated rings. The van der Waals surface area contributed by atoms with Gasteiger partial charge in [-0.3, -0.25) is 4.79 Å². The van der Waals surface area contributed by atoms with Crippen molar-refractivity contribution in [3.05, 3.63) is 23.3 Å². The number of hydrogen-bond acceptors (Lipinski definition) is 6. The van der Waals surface area contributed by atoms with Gasteiger partial charge in [-0.1, -0.05) is 11.1 Å². The van der Waals surface area contributed by atoms with Gasteiger partial charge in [0.25, 0.3) is 0 Å². The van der Waals surface area contributed by atoms with E-state index in [-0.39, 0.29) is 29.8 Å². The van der Waals surface area contributed by atoms with E-state index in [0.29, 0.717) is 12.2 Å². The fourth-order valence-corrected chi connectivity index (χ4v) is 4.79. The predicted molar refractivity (Wildman–Crippen MR) is 105 cm³/mol. The van der Waals surface area contributed by atoms with Crippen LogP contribution in [0.1, 0.15) is 39.5 Å². The highest BCUT2D eigenvalue weighted by Crippen LogP contribution is 2.52. The Morgan fingerprint density at radius 1 is 1.21 bits per heavy atom. The molecule has 8 nitrogen and oxygen atoms in total. The van der Waals surface area contributed by atoms with Gasteiger partial charge < -0.3 is 25.0 Å². The van der Waals surface area contributed by atoms with Crippen LogP contribution in [0.3, 0.4) is 0 Å². The molecule has 8 heteroatoms. The Balaban J connectivity index is 0.000000321. The first kappa shape index (κ1) is 23.1. The van der Waals surface area contributed by atoms with Crippen LogP contribution >= 0.6 is 0 Å². The van der Waals surface area contributed by atoms with Crippen LogP contribution in [-0.2, 0) is 19.1 Å². The van der Waals surface area contributed by atoms with Crippen LogP contribution in [0.25, 0.3) is 0 Å². The Morgan fingerprint density at radius 3 is 2.31 bits per heavy atom. The van der Waals surface area contributed by atoms with Crippen molar-refractivity contribution < 1.29 is 34.4 Å². The first-order valence-corrected chi connectivity index (χ1v) is 9.84. The van der Waals surface area contributed by atoms with Crippen molar-refractivity contribution in [2.24, 2.45) is 17.8 Å². The van der Waals surface area contributed by atoms with Gasteiger partial charge in [0, 0.05) is 30.5 Å². The van der Waals surface area contributed by atoms with Crippen molar-refractivity contribution in [3.63, 3.8) is 0 Å². The predicted octanol–water partition coefficient (Wildman–Crippen LogP) is 1.69. The zero-order valence-corrected chi connectivity index (χ0v) is 17.4. The quantitative estimate of drug-likeness (QED) is 0.364. The lowest BCUT2D eigenvalue weighted by Crippen LogP contribution is -2.41. The zero-order chi connectivity index (χ0) is 21.9. The normalized spacial score (nSPS) is 33.7. The number of fused-ring (bicyclic) bond motifs is 3. The molecule has 0 radical (unpaired) electrons. The number of ether oxygens (including phenoxy) is 1. The van der Waals surface area contributed by atoms with Gasteiger partial charge in [0.15, 0.2) is 0 Å². The van der Waals surface area contributed by atoms with Gasteiger partial charge in [0.2, 0.25) is 0 Å². The summed E-state index contributed by atoms with van der Waals surface area (Å²) in [5.74, 6) is -2.39. The second-order valence-corrected chi connectivity index (χ2v) is 8.62. The van der Waals surface area contributed by atoms with Crippen molar-refractivity contribution >= 4 is 17.9 Å². The highest BCUT2D eigenvalue weighted by molar-refractivity contribution is 5.89. The number of rotatable bonds is 4. The Bertz CT molecular complexity index is 707. The molecule has 5 atom stereocenters. The average Bonchev–Trinajstić information content (AvgIpc) is 3.02. The molecule has 0 aromatic carbocycles. The lowest BCUT2D eigenvalue weighted by molar-refractivity contribution is -0.148. The molecule has 0 bridgehead atoms. The molecule has 0 spiro atoms. The molecule has 3 aliphatic rings. The molecule has 1 aliphatic heterocycles. The molecule has 29 heavy (non-hydrogen) atoms. The van der Waals surface area contributed by atoms with Gasteiger partial charge >= 0.3 is 17.9 Å². The number of carboxylic acid groups (broad SMARTS) is 2. The third-order valence-corrected chi connectivity index (χ3v) is 6.10. The summed E-state index contributed by atoms with van der Waals surface area (Å²) in [7, 11) is 4.00. The second kappa shape index (κ2) is 9.09. The van der Waals surface area contributed by atoms with E-state index in [1.165, 1.54) is 11.1 Å². The summed E-state index contributed by atoms with van der Waals surface area (Å²) >= 11 is 0. The van der Waals surface area contributed by atoms with Crippen LogP contribution in [-0.4, -0.2) is 70.5 Å². The van der Waals surface area contributed by atoms with Gasteiger partial charge in [-0.15, -0.1) is 0 Å². The molecule has 1 saturated heterocycles. The zero-order valence-electron chi connectivity index (χ0n) is 17.4. The SMILES string of the molecule is CC1=C2CC[C@@](C)(O)[C@@H]2[C@H]2OC(=O)[C@@H](CN(C)C)[C@@H]2CC1.O=C(O)C=CC(=O)O. The standard InChI is InChI=1S/C17H27NO3.C4H4O4/c1-10-5-6-12-13(9-18(3)4)16(19)21-15(12)14-11(10)7-8-17(14,2)20;5-3(6)1-2-4(7)8/h12-15,20H,5-9H2,1-4H3;1-2H,(H,5,6)(H,7,8)/t12-,13-,14-,15-,17+;/m0./s1. The number of carbonyl (C=O) groups excluding carboxylic acids is 1. The lowest BCUT2D eigenvalue weighted by atomic mass is 9.77. The third-order valence-electron chi connectivity index (χ3n) is 6.10. The van der Waals surface area contributed by atoms with E-state index in [0.717, 1.165) is 32.2 Å². The highest BCUT2D eigenvalue weighted by Gasteiger charge is 2.56. The minimum atomic E-state index is -1.26. The number of carboxylic acids is 2. The van der Waals surface area contributed by atoms with E-state index >= 15 is 0 Å². The van der Waals surface area contributed by atoms with E-state index in [1.54, 1.807) is 0 Å². The van der Waals surface area contributed by atoms with E-state index < -0.39 is 17.5 Å². The molecule has 2 aliphatic carbocycles. The molecule has 0 aromatic rings. The number of esters is 1. The summed E-state index contributed by atoms with van der Waals surface area (Å²) in [6.07, 6.45) is 4.74. The summed E-state index contributed by atoms with van der Waals surface area (Å²) in [5, 5.41) is 26.4. The first-order chi connectivity index (χ1) is 13.4. The van der Waals surface area contributed by atoms with Crippen LogP contribution in [0.2, 0.25) is 0 Å². The van der Waals surface area contributed by atoms with Crippen LogP contribution < -0.4 is 0 Å². The van der Waals surface area contributed by atoms with Gasteiger partial charge in [-0.25, -0.2) is 9.59 Å². The molecular formula is C21H31NO7. The monoisotopic (exact) mass is 409 g/mol. The summed E-state index contributed by atoms with van der Waals surface area (Å²) in [6, 6.07) is 0. The van der Waals surface area contributed by atoms with E-state index in [9.17, 15) is 19.5 Å². The molecule has 3 N–H and O–H groups in total.